The molecule has 34 heavy (non-hydrogen) atoms. The van der Waals surface area contributed by atoms with Crippen molar-refractivity contribution in [3.63, 3.8) is 0 Å². The van der Waals surface area contributed by atoms with Crippen LogP contribution in [0.4, 0.5) is 11.4 Å². The molecule has 3 heterocycles. The standard InChI is InChI=1S/C25H24N4O2S3/c30-24(21-17-33-25(27-21)23-11-6-16-32-23)26-20-9-4-5-10-22(20)28-12-14-29(15-13-28)34(31)18-19-7-2-1-3-8-19/h1-11,16-17H,12-15,18H2,(H,26,30). The molecule has 0 spiro atoms. The van der Waals surface area contributed by atoms with E-state index in [1.807, 2.05) is 76.4 Å². The summed E-state index contributed by atoms with van der Waals surface area (Å²) in [6.07, 6.45) is 0. The molecule has 1 aliphatic heterocycles. The molecular formula is C25H24N4O2S3. The van der Waals surface area contributed by atoms with Crippen LogP contribution in [0.5, 0.6) is 0 Å². The van der Waals surface area contributed by atoms with Crippen molar-refractivity contribution in [2.24, 2.45) is 0 Å². The molecule has 1 unspecified atom stereocenters. The Bertz CT molecular complexity index is 1270. The number of benzene rings is 2. The first-order chi connectivity index (χ1) is 16.7. The number of nitrogens with one attached hydrogen (secondary N) is 1. The first-order valence-corrected chi connectivity index (χ1v) is 14.0. The molecular weight excluding hydrogens is 485 g/mol. The maximum absolute atomic E-state index is 12.9. The Labute approximate surface area is 209 Å². The van der Waals surface area contributed by atoms with Gasteiger partial charge in [0.2, 0.25) is 0 Å². The average Bonchev–Trinajstić information content (AvgIpc) is 3.58. The number of hydrogen-bond acceptors (Lipinski definition) is 6. The lowest BCUT2D eigenvalue weighted by molar-refractivity contribution is 0.102. The van der Waals surface area contributed by atoms with Gasteiger partial charge in [-0.3, -0.25) is 4.79 Å². The van der Waals surface area contributed by atoms with Gasteiger partial charge in [-0.25, -0.2) is 13.5 Å². The highest BCUT2D eigenvalue weighted by Gasteiger charge is 2.23. The summed E-state index contributed by atoms with van der Waals surface area (Å²) in [6.45, 7) is 2.90. The Morgan fingerprint density at radius 1 is 0.941 bits per heavy atom. The molecule has 1 aliphatic rings. The van der Waals surface area contributed by atoms with Crippen LogP contribution in [0.15, 0.2) is 77.5 Å². The van der Waals surface area contributed by atoms with Crippen LogP contribution in [0, 0.1) is 0 Å². The highest BCUT2D eigenvalue weighted by atomic mass is 32.2. The van der Waals surface area contributed by atoms with Gasteiger partial charge in [0.1, 0.15) is 10.7 Å². The summed E-state index contributed by atoms with van der Waals surface area (Å²) < 4.78 is 14.9. The maximum atomic E-state index is 12.9. The quantitative estimate of drug-likeness (QED) is 0.377. The van der Waals surface area contributed by atoms with E-state index < -0.39 is 11.0 Å². The van der Waals surface area contributed by atoms with Gasteiger partial charge < -0.3 is 10.2 Å². The molecule has 5 rings (SSSR count). The van der Waals surface area contributed by atoms with Gasteiger partial charge in [-0.1, -0.05) is 48.5 Å². The first-order valence-electron chi connectivity index (χ1n) is 11.0. The zero-order valence-corrected chi connectivity index (χ0v) is 20.9. The van der Waals surface area contributed by atoms with Gasteiger partial charge in [-0.15, -0.1) is 22.7 Å². The van der Waals surface area contributed by atoms with Crippen LogP contribution < -0.4 is 10.2 Å². The molecule has 2 aromatic carbocycles. The second-order valence-electron chi connectivity index (χ2n) is 7.85. The summed E-state index contributed by atoms with van der Waals surface area (Å²) in [7, 11) is -1.05. The predicted molar refractivity (Wildman–Crippen MR) is 142 cm³/mol. The molecule has 0 bridgehead atoms. The highest BCUT2D eigenvalue weighted by molar-refractivity contribution is 7.81. The SMILES string of the molecule is O=C(Nc1ccccc1N1CCN(S(=O)Cc2ccccc2)CC1)c1csc(-c2cccs2)n1. The number of anilines is 2. The molecule has 1 N–H and O–H groups in total. The van der Waals surface area contributed by atoms with Gasteiger partial charge in [-0.05, 0) is 29.1 Å². The largest absolute Gasteiger partial charge is 0.367 e. The number of hydrogen-bond donors (Lipinski definition) is 1. The van der Waals surface area contributed by atoms with E-state index in [0.29, 0.717) is 24.5 Å². The molecule has 0 saturated carbocycles. The molecule has 1 amide bonds. The molecule has 6 nitrogen and oxygen atoms in total. The summed E-state index contributed by atoms with van der Waals surface area (Å²) in [5, 5.41) is 7.70. The number of thiophene rings is 1. The third kappa shape index (κ3) is 5.28. The van der Waals surface area contributed by atoms with Gasteiger partial charge in [0, 0.05) is 31.6 Å². The van der Waals surface area contributed by atoms with Crippen LogP contribution in [0.25, 0.3) is 9.88 Å². The van der Waals surface area contributed by atoms with Crippen LogP contribution in [0.1, 0.15) is 16.1 Å². The van der Waals surface area contributed by atoms with Crippen molar-refractivity contribution < 1.29 is 9.00 Å². The van der Waals surface area contributed by atoms with E-state index in [-0.39, 0.29) is 5.91 Å². The number of amides is 1. The van der Waals surface area contributed by atoms with Crippen molar-refractivity contribution in [3.8, 4) is 9.88 Å². The fraction of sp³-hybridized carbons (Fsp3) is 0.200. The zero-order chi connectivity index (χ0) is 23.3. The normalized spacial score (nSPS) is 15.2. The second-order valence-corrected chi connectivity index (χ2v) is 11.1. The molecule has 1 fully saturated rings. The van der Waals surface area contributed by atoms with Gasteiger partial charge in [0.25, 0.3) is 5.91 Å². The third-order valence-electron chi connectivity index (χ3n) is 5.62. The van der Waals surface area contributed by atoms with E-state index in [1.54, 1.807) is 16.7 Å². The van der Waals surface area contributed by atoms with E-state index >= 15 is 0 Å². The number of thiazole rings is 1. The third-order valence-corrected chi connectivity index (χ3v) is 9.02. The molecule has 0 aliphatic carbocycles. The molecule has 1 atom stereocenters. The van der Waals surface area contributed by atoms with Crippen molar-refractivity contribution in [3.05, 3.63) is 88.7 Å². The Morgan fingerprint density at radius 2 is 1.71 bits per heavy atom. The fourth-order valence-corrected chi connectivity index (χ4v) is 6.72. The number of carbonyl (C=O) groups excluding carboxylic acids is 1. The number of nitrogens with zero attached hydrogens (tertiary/aromatic N) is 3. The van der Waals surface area contributed by atoms with Crippen molar-refractivity contribution in [1.29, 1.82) is 0 Å². The molecule has 4 aromatic rings. The van der Waals surface area contributed by atoms with E-state index in [0.717, 1.165) is 39.9 Å². The molecule has 9 heteroatoms. The monoisotopic (exact) mass is 508 g/mol. The number of carbonyl (C=O) groups is 1. The van der Waals surface area contributed by atoms with Crippen molar-refractivity contribution in [2.45, 2.75) is 5.75 Å². The maximum Gasteiger partial charge on any atom is 0.275 e. The summed E-state index contributed by atoms with van der Waals surface area (Å²) in [5.41, 5.74) is 3.24. The van der Waals surface area contributed by atoms with Gasteiger partial charge >= 0.3 is 0 Å². The highest BCUT2D eigenvalue weighted by Crippen LogP contribution is 2.30. The average molecular weight is 509 g/mol. The second kappa shape index (κ2) is 10.6. The number of para-hydroxylation sites is 2. The lowest BCUT2D eigenvalue weighted by Gasteiger charge is -2.36. The summed E-state index contributed by atoms with van der Waals surface area (Å²) in [5.74, 6) is 0.323. The number of aromatic nitrogens is 1. The minimum Gasteiger partial charge on any atom is -0.367 e. The lowest BCUT2D eigenvalue weighted by atomic mass is 10.2. The van der Waals surface area contributed by atoms with Crippen molar-refractivity contribution in [2.75, 3.05) is 36.4 Å². The smallest absolute Gasteiger partial charge is 0.275 e. The van der Waals surface area contributed by atoms with Crippen molar-refractivity contribution in [1.82, 2.24) is 9.29 Å². The number of rotatable bonds is 7. The summed E-state index contributed by atoms with van der Waals surface area (Å²) >= 11 is 3.09. The van der Waals surface area contributed by atoms with E-state index in [9.17, 15) is 9.00 Å². The van der Waals surface area contributed by atoms with Crippen molar-refractivity contribution >= 4 is 50.9 Å². The van der Waals surface area contributed by atoms with Crippen LogP contribution in [0.3, 0.4) is 0 Å². The number of piperazine rings is 1. The lowest BCUT2D eigenvalue weighted by Crippen LogP contribution is -2.47. The predicted octanol–water partition coefficient (Wildman–Crippen LogP) is 5.11. The topological polar surface area (TPSA) is 65.5 Å². The molecule has 0 radical (unpaired) electrons. The Hall–Kier alpha value is -2.85. The van der Waals surface area contributed by atoms with Gasteiger partial charge in [0.05, 0.1) is 33.0 Å². The molecule has 2 aromatic heterocycles. The Kier molecular flexibility index (Phi) is 7.15. The molecule has 174 valence electrons. The van der Waals surface area contributed by atoms with Gasteiger partial charge in [-0.2, -0.15) is 0 Å². The summed E-state index contributed by atoms with van der Waals surface area (Å²) in [4.78, 5) is 20.7. The zero-order valence-electron chi connectivity index (χ0n) is 18.4. The van der Waals surface area contributed by atoms with Crippen LogP contribution in [-0.2, 0) is 16.7 Å². The van der Waals surface area contributed by atoms with E-state index in [4.69, 9.17) is 0 Å². The molecule has 1 saturated heterocycles. The first kappa shape index (κ1) is 22.9. The van der Waals surface area contributed by atoms with Crippen LogP contribution >= 0.6 is 22.7 Å². The Morgan fingerprint density at radius 3 is 2.47 bits per heavy atom. The van der Waals surface area contributed by atoms with E-state index in [1.165, 1.54) is 11.3 Å². The minimum absolute atomic E-state index is 0.214. The minimum atomic E-state index is -1.05. The summed E-state index contributed by atoms with van der Waals surface area (Å²) in [6, 6.07) is 21.8. The van der Waals surface area contributed by atoms with E-state index in [2.05, 4.69) is 15.2 Å². The van der Waals surface area contributed by atoms with Crippen LogP contribution in [-0.4, -0.2) is 45.6 Å². The fourth-order valence-electron chi connectivity index (χ4n) is 3.87. The van der Waals surface area contributed by atoms with Crippen LogP contribution in [0.2, 0.25) is 0 Å². The Balaban J connectivity index is 1.22. The van der Waals surface area contributed by atoms with Gasteiger partial charge in [0.15, 0.2) is 0 Å².